The number of carbonyl (C=O) groups excluding carboxylic acids is 1. The summed E-state index contributed by atoms with van der Waals surface area (Å²) in [5.74, 6) is -0.195. The molecule has 1 aliphatic carbocycles. The molecule has 0 N–H and O–H groups in total. The molecule has 2 aromatic carbocycles. The summed E-state index contributed by atoms with van der Waals surface area (Å²) in [6.45, 7) is 4.43. The van der Waals surface area contributed by atoms with Crippen molar-refractivity contribution in [3.05, 3.63) is 71.4 Å². The number of aromatic nitrogens is 1. The van der Waals surface area contributed by atoms with E-state index >= 15 is 0 Å². The van der Waals surface area contributed by atoms with Gasteiger partial charge in [0.15, 0.2) is 0 Å². The van der Waals surface area contributed by atoms with Crippen LogP contribution in [-0.2, 0) is 28.9 Å². The van der Waals surface area contributed by atoms with E-state index in [2.05, 4.69) is 66.1 Å². The molecule has 0 aliphatic heterocycles. The van der Waals surface area contributed by atoms with Crippen molar-refractivity contribution >= 4 is 16.9 Å². The lowest BCUT2D eigenvalue weighted by Gasteiger charge is -2.33. The summed E-state index contributed by atoms with van der Waals surface area (Å²) < 4.78 is 8.10. The predicted octanol–water partition coefficient (Wildman–Crippen LogP) is 4.50. The molecule has 1 atom stereocenters. The number of benzene rings is 2. The number of nitrogens with zero attached hydrogens (tertiary/aromatic N) is 1. The highest BCUT2D eigenvalue weighted by molar-refractivity contribution is 5.86. The van der Waals surface area contributed by atoms with Gasteiger partial charge in [0.25, 0.3) is 0 Å². The van der Waals surface area contributed by atoms with Crippen molar-refractivity contribution in [1.82, 2.24) is 4.57 Å². The van der Waals surface area contributed by atoms with Crippen LogP contribution in [0.4, 0.5) is 0 Å². The number of fused-ring (bicyclic) bond motifs is 3. The fourth-order valence-electron chi connectivity index (χ4n) is 4.14. The normalized spacial score (nSPS) is 19.6. The second kappa shape index (κ2) is 6.07. The molecule has 0 saturated carbocycles. The average Bonchev–Trinajstić information content (AvgIpc) is 2.88. The van der Waals surface area contributed by atoms with Crippen LogP contribution in [0, 0.1) is 0 Å². The Labute approximate surface area is 148 Å². The summed E-state index contributed by atoms with van der Waals surface area (Å²) in [6, 6.07) is 19.1. The van der Waals surface area contributed by atoms with Gasteiger partial charge in [-0.1, -0.05) is 48.5 Å². The molecule has 4 rings (SSSR count). The summed E-state index contributed by atoms with van der Waals surface area (Å²) >= 11 is 0. The minimum absolute atomic E-state index is 0.195. The van der Waals surface area contributed by atoms with Gasteiger partial charge in [0, 0.05) is 36.5 Å². The zero-order valence-electron chi connectivity index (χ0n) is 14.8. The molecule has 1 heterocycles. The Hall–Kier alpha value is -2.55. The van der Waals surface area contributed by atoms with Crippen LogP contribution in [0.1, 0.15) is 37.1 Å². The van der Waals surface area contributed by atoms with E-state index in [4.69, 9.17) is 4.74 Å². The van der Waals surface area contributed by atoms with Crippen molar-refractivity contribution in [2.24, 2.45) is 0 Å². The van der Waals surface area contributed by atoms with Gasteiger partial charge in [-0.3, -0.25) is 4.79 Å². The number of hydrogen-bond donors (Lipinski definition) is 0. The van der Waals surface area contributed by atoms with E-state index in [-0.39, 0.29) is 5.97 Å². The van der Waals surface area contributed by atoms with Gasteiger partial charge in [0.05, 0.1) is 0 Å². The molecule has 1 aliphatic rings. The monoisotopic (exact) mass is 333 g/mol. The van der Waals surface area contributed by atoms with Crippen molar-refractivity contribution in [2.45, 2.75) is 45.3 Å². The Bertz CT molecular complexity index is 926. The standard InChI is InChI=1S/C22H23NO2/c1-16(24)25-22(2)13-12-21-19(14-22)18-10-6-7-11-20(18)23(21)15-17-8-4-3-5-9-17/h3-11H,12-15H2,1-2H3. The minimum atomic E-state index is -0.402. The van der Waals surface area contributed by atoms with Crippen LogP contribution in [0.25, 0.3) is 10.9 Å². The molecule has 3 heteroatoms. The predicted molar refractivity (Wildman–Crippen MR) is 99.7 cm³/mol. The molecule has 3 aromatic rings. The van der Waals surface area contributed by atoms with Crippen molar-refractivity contribution in [3.63, 3.8) is 0 Å². The Morgan fingerprint density at radius 1 is 1.12 bits per heavy atom. The molecule has 0 spiro atoms. The van der Waals surface area contributed by atoms with Crippen LogP contribution >= 0.6 is 0 Å². The second-order valence-electron chi connectivity index (χ2n) is 7.23. The van der Waals surface area contributed by atoms with Gasteiger partial charge in [0.2, 0.25) is 0 Å². The molecular weight excluding hydrogens is 310 g/mol. The molecular formula is C22H23NO2. The summed E-state index contributed by atoms with van der Waals surface area (Å²) in [4.78, 5) is 11.5. The van der Waals surface area contributed by atoms with Gasteiger partial charge in [0.1, 0.15) is 5.60 Å². The lowest BCUT2D eigenvalue weighted by Crippen LogP contribution is -2.37. The van der Waals surface area contributed by atoms with Crippen LogP contribution in [0.3, 0.4) is 0 Å². The maximum atomic E-state index is 11.5. The van der Waals surface area contributed by atoms with E-state index in [9.17, 15) is 4.79 Å². The first-order chi connectivity index (χ1) is 12.1. The number of carbonyl (C=O) groups is 1. The lowest BCUT2D eigenvalue weighted by atomic mass is 9.83. The number of ether oxygens (including phenoxy) is 1. The van der Waals surface area contributed by atoms with Crippen molar-refractivity contribution < 1.29 is 9.53 Å². The maximum absolute atomic E-state index is 11.5. The van der Waals surface area contributed by atoms with E-state index in [1.54, 1.807) is 0 Å². The van der Waals surface area contributed by atoms with Crippen LogP contribution < -0.4 is 0 Å². The summed E-state index contributed by atoms with van der Waals surface area (Å²) in [7, 11) is 0. The maximum Gasteiger partial charge on any atom is 0.303 e. The zero-order valence-corrected chi connectivity index (χ0v) is 14.8. The van der Waals surface area contributed by atoms with E-state index in [1.165, 1.54) is 34.6 Å². The van der Waals surface area contributed by atoms with Crippen molar-refractivity contribution in [1.29, 1.82) is 0 Å². The lowest BCUT2D eigenvalue weighted by molar-refractivity contribution is -0.156. The highest BCUT2D eigenvalue weighted by Crippen LogP contribution is 2.38. The third-order valence-electron chi connectivity index (χ3n) is 5.21. The number of rotatable bonds is 3. The molecule has 0 bridgehead atoms. The van der Waals surface area contributed by atoms with E-state index in [0.717, 1.165) is 25.8 Å². The van der Waals surface area contributed by atoms with Gasteiger partial charge in [-0.15, -0.1) is 0 Å². The van der Waals surface area contributed by atoms with Crippen LogP contribution in [0.15, 0.2) is 54.6 Å². The fourth-order valence-corrected chi connectivity index (χ4v) is 4.14. The Morgan fingerprint density at radius 2 is 1.84 bits per heavy atom. The first-order valence-electron chi connectivity index (χ1n) is 8.88. The molecule has 25 heavy (non-hydrogen) atoms. The Kier molecular flexibility index (Phi) is 3.87. The van der Waals surface area contributed by atoms with Gasteiger partial charge in [-0.2, -0.15) is 0 Å². The number of para-hydroxylation sites is 1. The average molecular weight is 333 g/mol. The molecule has 1 aromatic heterocycles. The third kappa shape index (κ3) is 2.95. The first kappa shape index (κ1) is 15.9. The van der Waals surface area contributed by atoms with Gasteiger partial charge < -0.3 is 9.30 Å². The molecule has 1 unspecified atom stereocenters. The molecule has 0 fully saturated rings. The van der Waals surface area contributed by atoms with E-state index in [1.807, 2.05) is 0 Å². The summed E-state index contributed by atoms with van der Waals surface area (Å²) in [5.41, 5.74) is 4.89. The van der Waals surface area contributed by atoms with Crippen molar-refractivity contribution in [3.8, 4) is 0 Å². The Morgan fingerprint density at radius 3 is 2.60 bits per heavy atom. The zero-order chi connectivity index (χ0) is 17.4. The molecule has 3 nitrogen and oxygen atoms in total. The second-order valence-corrected chi connectivity index (χ2v) is 7.23. The third-order valence-corrected chi connectivity index (χ3v) is 5.21. The smallest absolute Gasteiger partial charge is 0.303 e. The minimum Gasteiger partial charge on any atom is -0.459 e. The van der Waals surface area contributed by atoms with Gasteiger partial charge >= 0.3 is 5.97 Å². The highest BCUT2D eigenvalue weighted by atomic mass is 16.6. The van der Waals surface area contributed by atoms with E-state index in [0.29, 0.717) is 0 Å². The first-order valence-corrected chi connectivity index (χ1v) is 8.88. The summed E-state index contributed by atoms with van der Waals surface area (Å²) in [5, 5.41) is 1.28. The molecule has 128 valence electrons. The van der Waals surface area contributed by atoms with E-state index < -0.39 is 5.60 Å². The summed E-state index contributed by atoms with van der Waals surface area (Å²) in [6.07, 6.45) is 2.58. The van der Waals surface area contributed by atoms with Crippen LogP contribution in [0.2, 0.25) is 0 Å². The highest BCUT2D eigenvalue weighted by Gasteiger charge is 2.35. The van der Waals surface area contributed by atoms with Gasteiger partial charge in [-0.05, 0) is 37.0 Å². The molecule has 0 amide bonds. The van der Waals surface area contributed by atoms with Crippen molar-refractivity contribution in [2.75, 3.05) is 0 Å². The quantitative estimate of drug-likeness (QED) is 0.661. The SMILES string of the molecule is CC(=O)OC1(C)CCc2c(c3ccccc3n2Cc2ccccc2)C1. The largest absolute Gasteiger partial charge is 0.459 e. The topological polar surface area (TPSA) is 31.2 Å². The number of esters is 1. The van der Waals surface area contributed by atoms with Gasteiger partial charge in [-0.25, -0.2) is 0 Å². The van der Waals surface area contributed by atoms with Crippen LogP contribution in [-0.4, -0.2) is 16.1 Å². The molecule has 0 radical (unpaired) electrons. The fraction of sp³-hybridized carbons (Fsp3) is 0.318. The molecule has 0 saturated heterocycles. The number of hydrogen-bond acceptors (Lipinski definition) is 2. The van der Waals surface area contributed by atoms with Crippen LogP contribution in [0.5, 0.6) is 0 Å². The Balaban J connectivity index is 1.80.